The highest BCUT2D eigenvalue weighted by molar-refractivity contribution is 7.98. The van der Waals surface area contributed by atoms with Crippen LogP contribution in [0.1, 0.15) is 23.7 Å². The number of amides is 1. The molecule has 1 amide bonds. The number of pyridine rings is 1. The summed E-state index contributed by atoms with van der Waals surface area (Å²) in [5.41, 5.74) is 7.13. The molecule has 1 unspecified atom stereocenters. The predicted molar refractivity (Wildman–Crippen MR) is 86.1 cm³/mol. The molecule has 0 radical (unpaired) electrons. The standard InChI is InChI=1S/C15H19N3OS/c1-3-10(9-20-2)17-15(19)12-8-14(16)18-13-7-5-4-6-11(12)13/h4-8,10H,3,9H2,1-2H3,(H2,16,18)(H,17,19). The van der Waals surface area contributed by atoms with Crippen LogP contribution in [0, 0.1) is 0 Å². The maximum atomic E-state index is 12.5. The summed E-state index contributed by atoms with van der Waals surface area (Å²) in [5.74, 6) is 1.18. The number of nitrogen functional groups attached to an aromatic ring is 1. The second-order valence-electron chi connectivity index (χ2n) is 4.65. The number of hydrogen-bond donors (Lipinski definition) is 2. The van der Waals surface area contributed by atoms with Gasteiger partial charge in [-0.3, -0.25) is 4.79 Å². The summed E-state index contributed by atoms with van der Waals surface area (Å²) in [6, 6.07) is 9.36. The molecule has 0 aliphatic rings. The molecular weight excluding hydrogens is 270 g/mol. The number of thioether (sulfide) groups is 1. The monoisotopic (exact) mass is 289 g/mol. The van der Waals surface area contributed by atoms with E-state index in [1.165, 1.54) is 0 Å². The number of nitrogens with one attached hydrogen (secondary N) is 1. The first-order valence-corrected chi connectivity index (χ1v) is 8.00. The molecule has 4 nitrogen and oxygen atoms in total. The quantitative estimate of drug-likeness (QED) is 0.888. The van der Waals surface area contributed by atoms with E-state index in [-0.39, 0.29) is 11.9 Å². The predicted octanol–water partition coefficient (Wildman–Crippen LogP) is 2.69. The van der Waals surface area contributed by atoms with Crippen molar-refractivity contribution < 1.29 is 4.79 Å². The molecule has 0 aliphatic carbocycles. The molecular formula is C15H19N3OS. The average molecular weight is 289 g/mol. The van der Waals surface area contributed by atoms with Crippen molar-refractivity contribution in [1.82, 2.24) is 10.3 Å². The first kappa shape index (κ1) is 14.7. The van der Waals surface area contributed by atoms with Crippen LogP contribution in [0.5, 0.6) is 0 Å². The molecule has 0 aliphatic heterocycles. The topological polar surface area (TPSA) is 68.0 Å². The third-order valence-corrected chi connectivity index (χ3v) is 3.91. The summed E-state index contributed by atoms with van der Waals surface area (Å²) < 4.78 is 0. The van der Waals surface area contributed by atoms with Crippen LogP contribution in [-0.2, 0) is 0 Å². The first-order chi connectivity index (χ1) is 9.65. The third-order valence-electron chi connectivity index (χ3n) is 3.18. The lowest BCUT2D eigenvalue weighted by atomic mass is 10.1. The number of carbonyl (C=O) groups is 1. The van der Waals surface area contributed by atoms with Crippen LogP contribution >= 0.6 is 11.8 Å². The van der Waals surface area contributed by atoms with Crippen LogP contribution in [0.15, 0.2) is 30.3 Å². The van der Waals surface area contributed by atoms with Gasteiger partial charge in [0.05, 0.1) is 11.1 Å². The zero-order valence-electron chi connectivity index (χ0n) is 11.7. The Morgan fingerprint density at radius 1 is 1.45 bits per heavy atom. The lowest BCUT2D eigenvalue weighted by Gasteiger charge is -2.16. The van der Waals surface area contributed by atoms with E-state index in [0.29, 0.717) is 11.4 Å². The fourth-order valence-corrected chi connectivity index (χ4v) is 2.83. The summed E-state index contributed by atoms with van der Waals surface area (Å²) in [6.45, 7) is 2.07. The second-order valence-corrected chi connectivity index (χ2v) is 5.56. The third kappa shape index (κ3) is 3.22. The molecule has 2 aromatic rings. The molecule has 0 saturated carbocycles. The fourth-order valence-electron chi connectivity index (χ4n) is 2.11. The average Bonchev–Trinajstić information content (AvgIpc) is 2.45. The Hall–Kier alpha value is -1.75. The molecule has 1 heterocycles. The Balaban J connectivity index is 2.34. The van der Waals surface area contributed by atoms with Crippen molar-refractivity contribution in [2.75, 3.05) is 17.7 Å². The van der Waals surface area contributed by atoms with Gasteiger partial charge >= 0.3 is 0 Å². The minimum atomic E-state index is -0.0869. The van der Waals surface area contributed by atoms with Gasteiger partial charge in [0.15, 0.2) is 0 Å². The largest absolute Gasteiger partial charge is 0.384 e. The van der Waals surface area contributed by atoms with E-state index in [0.717, 1.165) is 23.1 Å². The molecule has 20 heavy (non-hydrogen) atoms. The number of nitrogens with zero attached hydrogens (tertiary/aromatic N) is 1. The Bertz CT molecular complexity index is 615. The van der Waals surface area contributed by atoms with Gasteiger partial charge < -0.3 is 11.1 Å². The molecule has 1 aromatic heterocycles. The number of benzene rings is 1. The van der Waals surface area contributed by atoms with E-state index in [9.17, 15) is 4.79 Å². The van der Waals surface area contributed by atoms with Gasteiger partial charge in [0.2, 0.25) is 0 Å². The number of nitrogens with two attached hydrogens (primary N) is 1. The number of aromatic nitrogens is 1. The molecule has 0 spiro atoms. The van der Waals surface area contributed by atoms with E-state index < -0.39 is 0 Å². The summed E-state index contributed by atoms with van der Waals surface area (Å²) in [5, 5.41) is 3.89. The summed E-state index contributed by atoms with van der Waals surface area (Å²) in [7, 11) is 0. The van der Waals surface area contributed by atoms with Crippen molar-refractivity contribution in [2.45, 2.75) is 19.4 Å². The van der Waals surface area contributed by atoms with Crippen LogP contribution in [0.2, 0.25) is 0 Å². The number of rotatable bonds is 5. The van der Waals surface area contributed by atoms with Gasteiger partial charge in [-0.15, -0.1) is 0 Å². The summed E-state index contributed by atoms with van der Waals surface area (Å²) in [4.78, 5) is 16.7. The highest BCUT2D eigenvalue weighted by Crippen LogP contribution is 2.19. The zero-order valence-corrected chi connectivity index (χ0v) is 12.5. The van der Waals surface area contributed by atoms with E-state index in [2.05, 4.69) is 17.2 Å². The van der Waals surface area contributed by atoms with Crippen molar-refractivity contribution in [3.8, 4) is 0 Å². The van der Waals surface area contributed by atoms with Crippen molar-refractivity contribution >= 4 is 34.4 Å². The Morgan fingerprint density at radius 2 is 2.20 bits per heavy atom. The van der Waals surface area contributed by atoms with E-state index in [1.807, 2.05) is 30.5 Å². The number of fused-ring (bicyclic) bond motifs is 1. The zero-order chi connectivity index (χ0) is 14.5. The maximum absolute atomic E-state index is 12.5. The van der Waals surface area contributed by atoms with Gasteiger partial charge in [-0.2, -0.15) is 11.8 Å². The lowest BCUT2D eigenvalue weighted by molar-refractivity contribution is 0.0941. The number of carbonyl (C=O) groups excluding carboxylic acids is 1. The van der Waals surface area contributed by atoms with Crippen LogP contribution in [-0.4, -0.2) is 28.9 Å². The molecule has 2 rings (SSSR count). The van der Waals surface area contributed by atoms with Crippen LogP contribution in [0.4, 0.5) is 5.82 Å². The molecule has 1 aromatic carbocycles. The normalized spacial score (nSPS) is 12.3. The van der Waals surface area contributed by atoms with E-state index in [4.69, 9.17) is 5.73 Å². The van der Waals surface area contributed by atoms with Crippen molar-refractivity contribution in [1.29, 1.82) is 0 Å². The smallest absolute Gasteiger partial charge is 0.252 e. The fraction of sp³-hybridized carbons (Fsp3) is 0.333. The molecule has 5 heteroatoms. The number of anilines is 1. The highest BCUT2D eigenvalue weighted by Gasteiger charge is 2.15. The molecule has 1 atom stereocenters. The Morgan fingerprint density at radius 3 is 2.90 bits per heavy atom. The Kier molecular flexibility index (Phi) is 4.84. The number of para-hydroxylation sites is 1. The Labute approximate surface area is 123 Å². The van der Waals surface area contributed by atoms with Gasteiger partial charge in [-0.05, 0) is 24.8 Å². The first-order valence-electron chi connectivity index (χ1n) is 6.60. The molecule has 0 fully saturated rings. The van der Waals surface area contributed by atoms with Gasteiger partial charge in [-0.1, -0.05) is 25.1 Å². The van der Waals surface area contributed by atoms with E-state index in [1.54, 1.807) is 17.8 Å². The van der Waals surface area contributed by atoms with Gasteiger partial charge in [0.25, 0.3) is 5.91 Å². The molecule has 0 bridgehead atoms. The maximum Gasteiger partial charge on any atom is 0.252 e. The molecule has 0 saturated heterocycles. The SMILES string of the molecule is CCC(CSC)NC(=O)c1cc(N)nc2ccccc12. The van der Waals surface area contributed by atoms with Gasteiger partial charge in [0.1, 0.15) is 5.82 Å². The second kappa shape index (κ2) is 6.61. The summed E-state index contributed by atoms with van der Waals surface area (Å²) in [6.07, 6.45) is 2.94. The van der Waals surface area contributed by atoms with Crippen LogP contribution < -0.4 is 11.1 Å². The van der Waals surface area contributed by atoms with E-state index >= 15 is 0 Å². The summed E-state index contributed by atoms with van der Waals surface area (Å²) >= 11 is 1.73. The molecule has 106 valence electrons. The van der Waals surface area contributed by atoms with Gasteiger partial charge in [0, 0.05) is 17.2 Å². The van der Waals surface area contributed by atoms with Crippen molar-refractivity contribution in [3.63, 3.8) is 0 Å². The highest BCUT2D eigenvalue weighted by atomic mass is 32.2. The van der Waals surface area contributed by atoms with Crippen molar-refractivity contribution in [2.24, 2.45) is 0 Å². The minimum absolute atomic E-state index is 0.0869. The minimum Gasteiger partial charge on any atom is -0.384 e. The number of hydrogen-bond acceptors (Lipinski definition) is 4. The molecule has 3 N–H and O–H groups in total. The van der Waals surface area contributed by atoms with Gasteiger partial charge in [-0.25, -0.2) is 4.98 Å². The van der Waals surface area contributed by atoms with Crippen LogP contribution in [0.25, 0.3) is 10.9 Å². The van der Waals surface area contributed by atoms with Crippen molar-refractivity contribution in [3.05, 3.63) is 35.9 Å². The lowest BCUT2D eigenvalue weighted by Crippen LogP contribution is -2.36. The van der Waals surface area contributed by atoms with Crippen LogP contribution in [0.3, 0.4) is 0 Å².